The summed E-state index contributed by atoms with van der Waals surface area (Å²) in [5, 5.41) is 0. The highest BCUT2D eigenvalue weighted by molar-refractivity contribution is 5.35. The van der Waals surface area contributed by atoms with Gasteiger partial charge in [0.2, 0.25) is 0 Å². The van der Waals surface area contributed by atoms with Gasteiger partial charge in [0.05, 0.1) is 0 Å². The Labute approximate surface area is 128 Å². The van der Waals surface area contributed by atoms with Crippen molar-refractivity contribution in [2.75, 3.05) is 0 Å². The van der Waals surface area contributed by atoms with Crippen LogP contribution < -0.4 is 0 Å². The van der Waals surface area contributed by atoms with Crippen LogP contribution >= 0.6 is 0 Å². The van der Waals surface area contributed by atoms with Crippen LogP contribution in [0.1, 0.15) is 39.5 Å². The topological polar surface area (TPSA) is 0 Å². The molecule has 3 unspecified atom stereocenters. The first-order chi connectivity index (χ1) is 10.2. The van der Waals surface area contributed by atoms with Crippen LogP contribution in [0.5, 0.6) is 0 Å². The quantitative estimate of drug-likeness (QED) is 0.620. The van der Waals surface area contributed by atoms with Crippen LogP contribution in [0.3, 0.4) is 0 Å². The minimum absolute atomic E-state index is 0.848. The van der Waals surface area contributed by atoms with Crippen molar-refractivity contribution < 1.29 is 0 Å². The van der Waals surface area contributed by atoms with Gasteiger partial charge in [-0.15, -0.1) is 0 Å². The summed E-state index contributed by atoms with van der Waals surface area (Å²) >= 11 is 0. The lowest BCUT2D eigenvalue weighted by Gasteiger charge is -2.35. The van der Waals surface area contributed by atoms with Gasteiger partial charge in [0.15, 0.2) is 0 Å². The maximum atomic E-state index is 2.85. The summed E-state index contributed by atoms with van der Waals surface area (Å²) in [6.07, 6.45) is 6.60. The second-order valence-electron chi connectivity index (χ2n) is 11.1. The molecule has 15 atom stereocenters. The van der Waals surface area contributed by atoms with Crippen LogP contribution in [-0.4, -0.2) is 0 Å². The molecule has 0 aromatic carbocycles. The maximum Gasteiger partial charge on any atom is -0.0224 e. The average Bonchev–Trinajstić information content (AvgIpc) is 3.16. The molecule has 112 valence electrons. The predicted octanol–water partition coefficient (Wildman–Crippen LogP) is 4.31. The summed E-state index contributed by atoms with van der Waals surface area (Å²) in [5.74, 6) is 16.9. The molecule has 8 fully saturated rings. The standard InChI is InChI=1S/C21H28/c1-7-12-8-3-5-10-14(8)19-16(12)17-13(7)9-4-6-11-15(9)20(17)21(19,2)18(10)11/h7-20H,3-6H2,1-2H3/t7?,8-,9-,10+,11+,12+,13+,14-,15+,16-,17+,18?,19+,20-,21?/m1/s1. The van der Waals surface area contributed by atoms with Crippen molar-refractivity contribution in [3.05, 3.63) is 0 Å². The normalized spacial score (nSPS) is 86.0. The van der Waals surface area contributed by atoms with E-state index in [0.717, 1.165) is 11.3 Å². The van der Waals surface area contributed by atoms with Crippen molar-refractivity contribution in [2.24, 2.45) is 88.3 Å². The third-order valence-corrected chi connectivity index (χ3v) is 11.9. The van der Waals surface area contributed by atoms with Crippen LogP contribution in [0.2, 0.25) is 0 Å². The fraction of sp³-hybridized carbons (Fsp3) is 1.00. The van der Waals surface area contributed by atoms with Gasteiger partial charge in [0, 0.05) is 0 Å². The lowest BCUT2D eigenvalue weighted by atomic mass is 9.69. The van der Waals surface area contributed by atoms with Gasteiger partial charge in [0.1, 0.15) is 0 Å². The first kappa shape index (κ1) is 10.7. The minimum Gasteiger partial charge on any atom is -0.0619 e. The van der Waals surface area contributed by atoms with E-state index in [1.165, 1.54) is 76.9 Å². The molecule has 0 N–H and O–H groups in total. The van der Waals surface area contributed by atoms with Crippen LogP contribution in [0, 0.1) is 88.3 Å². The van der Waals surface area contributed by atoms with Crippen molar-refractivity contribution >= 4 is 0 Å². The van der Waals surface area contributed by atoms with Crippen LogP contribution in [0.4, 0.5) is 0 Å². The van der Waals surface area contributed by atoms with E-state index >= 15 is 0 Å². The molecule has 0 heteroatoms. The molecule has 8 aliphatic rings. The summed E-state index contributed by atoms with van der Waals surface area (Å²) < 4.78 is 0. The van der Waals surface area contributed by atoms with Gasteiger partial charge < -0.3 is 0 Å². The molecule has 0 radical (unpaired) electrons. The number of hydrogen-bond acceptors (Lipinski definition) is 0. The smallest absolute Gasteiger partial charge is 0.0224 e. The van der Waals surface area contributed by atoms with Gasteiger partial charge in [-0.25, -0.2) is 0 Å². The highest BCUT2D eigenvalue weighted by Gasteiger charge is 2.88. The monoisotopic (exact) mass is 280 g/mol. The molecule has 0 aromatic heterocycles. The molecule has 0 bridgehead atoms. The molecule has 8 rings (SSSR count). The van der Waals surface area contributed by atoms with Gasteiger partial charge in [-0.1, -0.05) is 13.8 Å². The Kier molecular flexibility index (Phi) is 1.36. The van der Waals surface area contributed by atoms with E-state index in [1.54, 1.807) is 25.7 Å². The molecule has 0 nitrogen and oxygen atoms in total. The minimum atomic E-state index is 0.848. The molecule has 0 amide bonds. The molecule has 0 saturated heterocycles. The highest BCUT2D eigenvalue weighted by atomic mass is 14.9. The molecule has 8 aliphatic carbocycles. The Balaban J connectivity index is 1.52. The first-order valence-electron chi connectivity index (χ1n) is 10.2. The highest BCUT2D eigenvalue weighted by Crippen LogP contribution is 2.92. The molecule has 0 spiro atoms. The van der Waals surface area contributed by atoms with Crippen LogP contribution in [0.15, 0.2) is 0 Å². The molecular weight excluding hydrogens is 252 g/mol. The predicted molar refractivity (Wildman–Crippen MR) is 81.1 cm³/mol. The number of rotatable bonds is 0. The van der Waals surface area contributed by atoms with E-state index in [4.69, 9.17) is 0 Å². The van der Waals surface area contributed by atoms with Crippen molar-refractivity contribution in [2.45, 2.75) is 39.5 Å². The van der Waals surface area contributed by atoms with Gasteiger partial charge in [-0.05, 0) is 114 Å². The van der Waals surface area contributed by atoms with E-state index < -0.39 is 0 Å². The van der Waals surface area contributed by atoms with E-state index in [1.807, 2.05) is 0 Å². The molecule has 0 aromatic rings. The SMILES string of the molecule is CC1[C@H]2[C@H]3CC[C@@H]4C5[C@H]6CC[C@@H]7[C@H]1[C@H]1[C@@H]2[C@H]([C@H]34)C5(C)[C@@H]1[C@@H]76. The van der Waals surface area contributed by atoms with Gasteiger partial charge >= 0.3 is 0 Å². The van der Waals surface area contributed by atoms with E-state index in [9.17, 15) is 0 Å². The van der Waals surface area contributed by atoms with Crippen LogP contribution in [-0.2, 0) is 0 Å². The Morgan fingerprint density at radius 2 is 1.05 bits per heavy atom. The van der Waals surface area contributed by atoms with Crippen molar-refractivity contribution in [1.82, 2.24) is 0 Å². The van der Waals surface area contributed by atoms with Crippen LogP contribution in [0.25, 0.3) is 0 Å². The lowest BCUT2D eigenvalue weighted by Crippen LogP contribution is -2.30. The zero-order valence-electron chi connectivity index (χ0n) is 13.4. The average molecular weight is 280 g/mol. The fourth-order valence-corrected chi connectivity index (χ4v) is 12.8. The Hall–Kier alpha value is 0. The molecule has 8 saturated carbocycles. The first-order valence-corrected chi connectivity index (χ1v) is 10.2. The second-order valence-corrected chi connectivity index (χ2v) is 11.1. The van der Waals surface area contributed by atoms with E-state index in [2.05, 4.69) is 13.8 Å². The zero-order chi connectivity index (χ0) is 13.4. The van der Waals surface area contributed by atoms with Gasteiger partial charge in [-0.3, -0.25) is 0 Å². The lowest BCUT2D eigenvalue weighted by molar-refractivity contribution is 0.123. The van der Waals surface area contributed by atoms with E-state index in [0.29, 0.717) is 0 Å². The Bertz CT molecular complexity index is 541. The third-order valence-electron chi connectivity index (χ3n) is 11.9. The number of hydrogen-bond donors (Lipinski definition) is 0. The molecule has 0 heterocycles. The summed E-state index contributed by atoms with van der Waals surface area (Å²) in [4.78, 5) is 0. The Morgan fingerprint density at radius 1 is 0.571 bits per heavy atom. The van der Waals surface area contributed by atoms with Crippen molar-refractivity contribution in [3.8, 4) is 0 Å². The summed E-state index contributed by atoms with van der Waals surface area (Å²) in [5.41, 5.74) is 0.848. The summed E-state index contributed by atoms with van der Waals surface area (Å²) in [7, 11) is 0. The maximum absolute atomic E-state index is 2.85. The number of fused-ring (bicyclic) bond motifs is 4. The van der Waals surface area contributed by atoms with Crippen molar-refractivity contribution in [1.29, 1.82) is 0 Å². The second kappa shape index (κ2) is 2.67. The molecular formula is C21H28. The summed E-state index contributed by atoms with van der Waals surface area (Å²) in [6.45, 7) is 5.58. The molecule has 21 heavy (non-hydrogen) atoms. The Morgan fingerprint density at radius 3 is 1.57 bits per heavy atom. The van der Waals surface area contributed by atoms with Gasteiger partial charge in [-0.2, -0.15) is 0 Å². The third kappa shape index (κ3) is 0.703. The van der Waals surface area contributed by atoms with Gasteiger partial charge in [0.25, 0.3) is 0 Å². The zero-order valence-corrected chi connectivity index (χ0v) is 13.4. The summed E-state index contributed by atoms with van der Waals surface area (Å²) in [6, 6.07) is 0. The fourth-order valence-electron chi connectivity index (χ4n) is 12.8. The van der Waals surface area contributed by atoms with E-state index in [-0.39, 0.29) is 0 Å². The largest absolute Gasteiger partial charge is 0.0619 e. The molecule has 0 aliphatic heterocycles. The van der Waals surface area contributed by atoms with Crippen molar-refractivity contribution in [3.63, 3.8) is 0 Å².